The van der Waals surface area contributed by atoms with Crippen LogP contribution in [0.4, 0.5) is 0 Å². The van der Waals surface area contributed by atoms with Crippen LogP contribution in [-0.4, -0.2) is 21.2 Å². The zero-order valence-electron chi connectivity index (χ0n) is 21.6. The number of hydrogen-bond acceptors (Lipinski definition) is 6. The molecule has 4 N–H and O–H groups in total. The van der Waals surface area contributed by atoms with Gasteiger partial charge in [0.25, 0.3) is 0 Å². The summed E-state index contributed by atoms with van der Waals surface area (Å²) in [5.74, 6) is 7.47. The lowest BCUT2D eigenvalue weighted by atomic mass is 9.90. The molecule has 0 aliphatic heterocycles. The van der Waals surface area contributed by atoms with Crippen LogP contribution in [-0.2, 0) is 0 Å². The normalized spacial score (nSPS) is 11.4. The highest BCUT2D eigenvalue weighted by molar-refractivity contribution is 6.17. The summed E-state index contributed by atoms with van der Waals surface area (Å²) >= 11 is 0. The molecule has 6 aromatic rings. The molecule has 0 aliphatic rings. The van der Waals surface area contributed by atoms with Crippen LogP contribution in [0, 0.1) is 5.41 Å². The van der Waals surface area contributed by atoms with E-state index < -0.39 is 0 Å². The molecular weight excluding hydrogens is 492 g/mol. The first kappa shape index (κ1) is 24.9. The van der Waals surface area contributed by atoms with E-state index in [9.17, 15) is 0 Å². The Kier molecular flexibility index (Phi) is 6.90. The van der Waals surface area contributed by atoms with E-state index in [0.717, 1.165) is 44.2 Å². The summed E-state index contributed by atoms with van der Waals surface area (Å²) in [7, 11) is 0. The first-order valence-corrected chi connectivity index (χ1v) is 12.9. The molecule has 0 bridgehead atoms. The van der Waals surface area contributed by atoms with Crippen LogP contribution < -0.4 is 11.3 Å². The number of rotatable bonds is 7. The second kappa shape index (κ2) is 11.1. The third-order valence-corrected chi connectivity index (χ3v) is 6.77. The second-order valence-electron chi connectivity index (χ2n) is 9.24. The lowest BCUT2D eigenvalue weighted by Gasteiger charge is -2.15. The van der Waals surface area contributed by atoms with Crippen LogP contribution in [0.2, 0.25) is 0 Å². The summed E-state index contributed by atoms with van der Waals surface area (Å²) in [6.45, 7) is 0. The molecule has 0 atom stereocenters. The van der Waals surface area contributed by atoms with Crippen LogP contribution >= 0.6 is 0 Å². The molecule has 6 nitrogen and oxygen atoms in total. The summed E-state index contributed by atoms with van der Waals surface area (Å²) in [5, 5.41) is 10.2. The minimum atomic E-state index is 0.602. The van der Waals surface area contributed by atoms with Crippen molar-refractivity contribution in [2.45, 2.75) is 0 Å². The smallest absolute Gasteiger partial charge is 0.164 e. The Balaban J connectivity index is 1.47. The van der Waals surface area contributed by atoms with Crippen molar-refractivity contribution < 1.29 is 0 Å². The van der Waals surface area contributed by atoms with Gasteiger partial charge in [0.1, 0.15) is 0 Å². The predicted octanol–water partition coefficient (Wildman–Crippen LogP) is 7.15. The fraction of sp³-hybridized carbons (Fsp3) is 0. The van der Waals surface area contributed by atoms with Crippen molar-refractivity contribution in [3.63, 3.8) is 0 Å². The molecule has 0 unspecified atom stereocenters. The summed E-state index contributed by atoms with van der Waals surface area (Å²) in [4.78, 5) is 14.5. The van der Waals surface area contributed by atoms with Gasteiger partial charge in [0.2, 0.25) is 0 Å². The maximum absolute atomic E-state index is 8.05. The van der Waals surface area contributed by atoms with Crippen LogP contribution in [0.25, 0.3) is 61.6 Å². The summed E-state index contributed by atoms with van der Waals surface area (Å²) in [5.41, 5.74) is 8.98. The molecule has 0 fully saturated rings. The van der Waals surface area contributed by atoms with Gasteiger partial charge in [0.15, 0.2) is 17.5 Å². The van der Waals surface area contributed by atoms with Crippen LogP contribution in [0.15, 0.2) is 128 Å². The largest absolute Gasteiger partial charge is 0.331 e. The second-order valence-corrected chi connectivity index (χ2v) is 9.24. The van der Waals surface area contributed by atoms with Gasteiger partial charge in [-0.1, -0.05) is 121 Å². The maximum Gasteiger partial charge on any atom is 0.164 e. The highest BCUT2D eigenvalue weighted by Gasteiger charge is 2.15. The number of nitrogens with zero attached hydrogens (tertiary/aromatic N) is 3. The molecule has 0 saturated heterocycles. The number of hydrogen-bond donors (Lipinski definition) is 3. The highest BCUT2D eigenvalue weighted by Crippen LogP contribution is 2.35. The van der Waals surface area contributed by atoms with Gasteiger partial charge < -0.3 is 10.8 Å². The van der Waals surface area contributed by atoms with Crippen molar-refractivity contribution in [3.05, 3.63) is 133 Å². The molecule has 0 radical (unpaired) electrons. The Morgan fingerprint density at radius 3 is 1.62 bits per heavy atom. The Morgan fingerprint density at radius 2 is 1.07 bits per heavy atom. The van der Waals surface area contributed by atoms with E-state index in [1.54, 1.807) is 6.20 Å². The van der Waals surface area contributed by atoms with Crippen molar-refractivity contribution >= 4 is 22.6 Å². The van der Waals surface area contributed by atoms with Gasteiger partial charge >= 0.3 is 0 Å². The van der Waals surface area contributed by atoms with E-state index in [-0.39, 0.29) is 0 Å². The number of fused-ring (bicyclic) bond motifs is 1. The molecule has 6 heteroatoms. The molecule has 0 saturated carbocycles. The van der Waals surface area contributed by atoms with E-state index in [0.29, 0.717) is 23.0 Å². The minimum absolute atomic E-state index is 0.602. The molecule has 192 valence electrons. The molecular formula is C34H26N6. The van der Waals surface area contributed by atoms with Crippen molar-refractivity contribution in [2.24, 2.45) is 5.84 Å². The number of nitrogens with one attached hydrogen (secondary N) is 2. The van der Waals surface area contributed by atoms with Crippen LogP contribution in [0.3, 0.4) is 0 Å². The molecule has 0 spiro atoms. The maximum atomic E-state index is 8.05. The van der Waals surface area contributed by atoms with Gasteiger partial charge in [-0.3, -0.25) is 5.84 Å². The molecule has 5 aromatic carbocycles. The Bertz CT molecular complexity index is 1770. The molecule has 1 aromatic heterocycles. The van der Waals surface area contributed by atoms with Gasteiger partial charge in [0.05, 0.1) is 0 Å². The number of benzene rings is 5. The molecule has 0 amide bonds. The van der Waals surface area contributed by atoms with E-state index in [4.69, 9.17) is 26.2 Å². The summed E-state index contributed by atoms with van der Waals surface area (Å²) in [6, 6.07) is 40.4. The van der Waals surface area contributed by atoms with E-state index in [1.165, 1.54) is 6.21 Å². The zero-order valence-corrected chi connectivity index (χ0v) is 21.6. The number of hydrazine groups is 1. The number of allylic oxidation sites excluding steroid dienone is 1. The standard InChI is InChI=1S/C34H26N6/c35-21-28(22-37-36)31-29-14-8-7-9-23(29)19-20-30(31)24-15-17-27(18-16-24)34-39-32(25-10-3-1-4-11-25)38-33(40-34)26-12-5-2-6-13-26/h1-22,35,37H,36H2/b28-22+,35-21?. The monoisotopic (exact) mass is 518 g/mol. The molecule has 1 heterocycles. The summed E-state index contributed by atoms with van der Waals surface area (Å²) < 4.78 is 0. The van der Waals surface area contributed by atoms with Gasteiger partial charge in [-0.25, -0.2) is 15.0 Å². The topological polar surface area (TPSA) is 101 Å². The van der Waals surface area contributed by atoms with Crippen molar-refractivity contribution in [1.29, 1.82) is 5.41 Å². The zero-order chi connectivity index (χ0) is 27.3. The first-order chi connectivity index (χ1) is 19.7. The Labute approximate surface area is 232 Å². The SMILES string of the molecule is N=C/C(=C\NN)c1c(-c2ccc(-c3nc(-c4ccccc4)nc(-c4ccccc4)n3)cc2)ccc2ccccc12. The van der Waals surface area contributed by atoms with E-state index >= 15 is 0 Å². The average Bonchev–Trinajstić information content (AvgIpc) is 3.04. The minimum Gasteiger partial charge on any atom is -0.331 e. The third-order valence-electron chi connectivity index (χ3n) is 6.77. The van der Waals surface area contributed by atoms with Crippen molar-refractivity contribution in [3.8, 4) is 45.3 Å². The fourth-order valence-electron chi connectivity index (χ4n) is 4.84. The van der Waals surface area contributed by atoms with Gasteiger partial charge in [-0.05, 0) is 21.9 Å². The lowest BCUT2D eigenvalue weighted by molar-refractivity contribution is 0.972. The van der Waals surface area contributed by atoms with E-state index in [1.807, 2.05) is 84.9 Å². The number of aromatic nitrogens is 3. The predicted molar refractivity (Wildman–Crippen MR) is 163 cm³/mol. The Morgan fingerprint density at radius 1 is 0.575 bits per heavy atom. The average molecular weight is 519 g/mol. The molecule has 0 aliphatic carbocycles. The van der Waals surface area contributed by atoms with Crippen LogP contribution in [0.1, 0.15) is 5.56 Å². The van der Waals surface area contributed by atoms with Crippen molar-refractivity contribution in [2.75, 3.05) is 0 Å². The molecule has 40 heavy (non-hydrogen) atoms. The fourth-order valence-corrected chi connectivity index (χ4v) is 4.84. The van der Waals surface area contributed by atoms with E-state index in [2.05, 4.69) is 41.8 Å². The highest BCUT2D eigenvalue weighted by atomic mass is 15.2. The first-order valence-electron chi connectivity index (χ1n) is 12.9. The molecule has 6 rings (SSSR count). The van der Waals surface area contributed by atoms with Gasteiger partial charge in [0, 0.05) is 40.2 Å². The Hall–Kier alpha value is -5.46. The summed E-state index contributed by atoms with van der Waals surface area (Å²) in [6.07, 6.45) is 2.97. The lowest BCUT2D eigenvalue weighted by Crippen LogP contribution is -2.14. The number of nitrogens with two attached hydrogens (primary N) is 1. The van der Waals surface area contributed by atoms with Crippen LogP contribution in [0.5, 0.6) is 0 Å². The quantitative estimate of drug-likeness (QED) is 0.118. The van der Waals surface area contributed by atoms with Gasteiger partial charge in [-0.15, -0.1) is 0 Å². The van der Waals surface area contributed by atoms with Crippen molar-refractivity contribution in [1.82, 2.24) is 20.4 Å². The third kappa shape index (κ3) is 4.87. The van der Waals surface area contributed by atoms with Gasteiger partial charge in [-0.2, -0.15) is 0 Å².